The van der Waals surface area contributed by atoms with Crippen LogP contribution in [0, 0.1) is 0 Å². The van der Waals surface area contributed by atoms with Crippen molar-refractivity contribution < 1.29 is 4.79 Å². The number of amides is 1. The van der Waals surface area contributed by atoms with E-state index in [1.54, 1.807) is 35.5 Å². The van der Waals surface area contributed by atoms with Gasteiger partial charge in [-0.1, -0.05) is 6.07 Å². The van der Waals surface area contributed by atoms with E-state index in [4.69, 9.17) is 0 Å². The minimum Gasteiger partial charge on any atom is -0.335 e. The molecule has 0 radical (unpaired) electrons. The SMILES string of the molecule is CN(Cc1cccs1)C(=O)c1ccn[nH]1. The average molecular weight is 221 g/mol. The van der Waals surface area contributed by atoms with Gasteiger partial charge in [-0.15, -0.1) is 11.3 Å². The smallest absolute Gasteiger partial charge is 0.271 e. The van der Waals surface area contributed by atoms with Gasteiger partial charge in [0.25, 0.3) is 5.91 Å². The van der Waals surface area contributed by atoms with Gasteiger partial charge in [0, 0.05) is 18.1 Å². The van der Waals surface area contributed by atoms with Gasteiger partial charge in [0.1, 0.15) is 5.69 Å². The zero-order chi connectivity index (χ0) is 10.7. The molecule has 0 atom stereocenters. The molecule has 1 N–H and O–H groups in total. The molecule has 0 aromatic carbocycles. The zero-order valence-electron chi connectivity index (χ0n) is 8.30. The molecule has 5 heteroatoms. The van der Waals surface area contributed by atoms with Gasteiger partial charge in [0.05, 0.1) is 6.54 Å². The van der Waals surface area contributed by atoms with Crippen molar-refractivity contribution in [1.29, 1.82) is 0 Å². The molecule has 0 aliphatic heterocycles. The van der Waals surface area contributed by atoms with E-state index in [1.165, 1.54) is 4.88 Å². The number of rotatable bonds is 3. The van der Waals surface area contributed by atoms with Crippen LogP contribution in [0.4, 0.5) is 0 Å². The first-order valence-electron chi connectivity index (χ1n) is 4.54. The highest BCUT2D eigenvalue weighted by molar-refractivity contribution is 7.09. The fraction of sp³-hybridized carbons (Fsp3) is 0.200. The number of aromatic amines is 1. The van der Waals surface area contributed by atoms with Crippen LogP contribution in [-0.4, -0.2) is 28.1 Å². The normalized spacial score (nSPS) is 10.2. The number of nitrogens with zero attached hydrogens (tertiary/aromatic N) is 2. The van der Waals surface area contributed by atoms with Crippen LogP contribution in [0.15, 0.2) is 29.8 Å². The van der Waals surface area contributed by atoms with E-state index in [0.717, 1.165) is 0 Å². The maximum absolute atomic E-state index is 11.8. The Morgan fingerprint density at radius 2 is 2.47 bits per heavy atom. The molecule has 1 amide bonds. The Morgan fingerprint density at radius 1 is 1.60 bits per heavy atom. The van der Waals surface area contributed by atoms with Crippen molar-refractivity contribution in [3.05, 3.63) is 40.3 Å². The summed E-state index contributed by atoms with van der Waals surface area (Å²) in [4.78, 5) is 14.6. The molecule has 0 fully saturated rings. The minimum atomic E-state index is -0.0408. The monoisotopic (exact) mass is 221 g/mol. The first kappa shape index (κ1) is 9.92. The van der Waals surface area contributed by atoms with E-state index in [1.807, 2.05) is 17.5 Å². The maximum atomic E-state index is 11.8. The maximum Gasteiger partial charge on any atom is 0.271 e. The predicted octanol–water partition coefficient (Wildman–Crippen LogP) is 1.74. The van der Waals surface area contributed by atoms with Crippen LogP contribution in [0.25, 0.3) is 0 Å². The van der Waals surface area contributed by atoms with E-state index in [0.29, 0.717) is 12.2 Å². The Morgan fingerprint density at radius 3 is 3.07 bits per heavy atom. The Kier molecular flexibility index (Phi) is 2.82. The topological polar surface area (TPSA) is 49.0 Å². The predicted molar refractivity (Wildman–Crippen MR) is 58.7 cm³/mol. The number of nitrogens with one attached hydrogen (secondary N) is 1. The molecular formula is C10H11N3OS. The van der Waals surface area contributed by atoms with Gasteiger partial charge in [-0.3, -0.25) is 9.89 Å². The molecule has 0 unspecified atom stereocenters. The lowest BCUT2D eigenvalue weighted by atomic mass is 10.3. The van der Waals surface area contributed by atoms with Gasteiger partial charge in [0.2, 0.25) is 0 Å². The van der Waals surface area contributed by atoms with Crippen molar-refractivity contribution in [2.75, 3.05) is 7.05 Å². The lowest BCUT2D eigenvalue weighted by Crippen LogP contribution is -2.26. The van der Waals surface area contributed by atoms with Crippen molar-refractivity contribution >= 4 is 17.2 Å². The van der Waals surface area contributed by atoms with Crippen molar-refractivity contribution in [2.24, 2.45) is 0 Å². The molecule has 2 rings (SSSR count). The van der Waals surface area contributed by atoms with Crippen LogP contribution in [0.3, 0.4) is 0 Å². The minimum absolute atomic E-state index is 0.0408. The second-order valence-corrected chi connectivity index (χ2v) is 4.24. The van der Waals surface area contributed by atoms with E-state index in [9.17, 15) is 4.79 Å². The standard InChI is InChI=1S/C10H11N3OS/c1-13(7-8-3-2-6-15-8)10(14)9-4-5-11-12-9/h2-6H,7H2,1H3,(H,11,12). The van der Waals surface area contributed by atoms with Gasteiger partial charge < -0.3 is 4.90 Å². The fourth-order valence-electron chi connectivity index (χ4n) is 1.29. The van der Waals surface area contributed by atoms with Gasteiger partial charge in [-0.25, -0.2) is 0 Å². The summed E-state index contributed by atoms with van der Waals surface area (Å²) < 4.78 is 0. The fourth-order valence-corrected chi connectivity index (χ4v) is 2.05. The molecule has 2 heterocycles. The number of hydrogen-bond acceptors (Lipinski definition) is 3. The van der Waals surface area contributed by atoms with Crippen LogP contribution in [0.5, 0.6) is 0 Å². The average Bonchev–Trinajstić information content (AvgIpc) is 2.88. The van der Waals surface area contributed by atoms with Crippen molar-refractivity contribution in [3.8, 4) is 0 Å². The summed E-state index contributed by atoms with van der Waals surface area (Å²) in [6, 6.07) is 5.67. The largest absolute Gasteiger partial charge is 0.335 e. The second kappa shape index (κ2) is 4.27. The third-order valence-electron chi connectivity index (χ3n) is 2.05. The summed E-state index contributed by atoms with van der Waals surface area (Å²) in [7, 11) is 1.78. The Balaban J connectivity index is 2.03. The molecule has 0 saturated heterocycles. The highest BCUT2D eigenvalue weighted by Crippen LogP contribution is 2.12. The lowest BCUT2D eigenvalue weighted by molar-refractivity contribution is 0.0780. The van der Waals surface area contributed by atoms with E-state index >= 15 is 0 Å². The molecule has 15 heavy (non-hydrogen) atoms. The molecule has 2 aromatic rings. The third-order valence-corrected chi connectivity index (χ3v) is 2.91. The van der Waals surface area contributed by atoms with Crippen LogP contribution in [-0.2, 0) is 6.54 Å². The van der Waals surface area contributed by atoms with E-state index in [-0.39, 0.29) is 5.91 Å². The first-order valence-corrected chi connectivity index (χ1v) is 5.42. The van der Waals surface area contributed by atoms with Gasteiger partial charge in [0.15, 0.2) is 0 Å². The molecule has 0 saturated carbocycles. The van der Waals surface area contributed by atoms with Gasteiger partial charge >= 0.3 is 0 Å². The van der Waals surface area contributed by atoms with Gasteiger partial charge in [-0.05, 0) is 17.5 Å². The third kappa shape index (κ3) is 2.24. The Labute approximate surface area is 91.5 Å². The molecule has 4 nitrogen and oxygen atoms in total. The number of carbonyl (C=O) groups is 1. The van der Waals surface area contributed by atoms with Crippen molar-refractivity contribution in [2.45, 2.75) is 6.54 Å². The lowest BCUT2D eigenvalue weighted by Gasteiger charge is -2.14. The van der Waals surface area contributed by atoms with Crippen LogP contribution in [0.1, 0.15) is 15.4 Å². The summed E-state index contributed by atoms with van der Waals surface area (Å²) in [5.41, 5.74) is 0.522. The summed E-state index contributed by atoms with van der Waals surface area (Å²) in [6.45, 7) is 0.634. The molecular weight excluding hydrogens is 210 g/mol. The highest BCUT2D eigenvalue weighted by Gasteiger charge is 2.12. The summed E-state index contributed by atoms with van der Waals surface area (Å²) in [5, 5.41) is 8.42. The highest BCUT2D eigenvalue weighted by atomic mass is 32.1. The van der Waals surface area contributed by atoms with Crippen LogP contribution in [0.2, 0.25) is 0 Å². The number of carbonyl (C=O) groups excluding carboxylic acids is 1. The van der Waals surface area contributed by atoms with Crippen molar-refractivity contribution in [3.63, 3.8) is 0 Å². The Hall–Kier alpha value is -1.62. The molecule has 0 aliphatic rings. The first-order chi connectivity index (χ1) is 7.27. The summed E-state index contributed by atoms with van der Waals surface area (Å²) >= 11 is 1.65. The number of hydrogen-bond donors (Lipinski definition) is 1. The Bertz CT molecular complexity index is 421. The molecule has 0 aliphatic carbocycles. The summed E-state index contributed by atoms with van der Waals surface area (Å²) in [6.07, 6.45) is 1.58. The molecule has 0 spiro atoms. The van der Waals surface area contributed by atoms with Crippen LogP contribution >= 0.6 is 11.3 Å². The quantitative estimate of drug-likeness (QED) is 0.858. The van der Waals surface area contributed by atoms with Crippen LogP contribution < -0.4 is 0 Å². The summed E-state index contributed by atoms with van der Waals surface area (Å²) in [5.74, 6) is -0.0408. The number of thiophene rings is 1. The second-order valence-electron chi connectivity index (χ2n) is 3.21. The molecule has 78 valence electrons. The number of H-pyrrole nitrogens is 1. The van der Waals surface area contributed by atoms with Gasteiger partial charge in [-0.2, -0.15) is 5.10 Å². The zero-order valence-corrected chi connectivity index (χ0v) is 9.12. The van der Waals surface area contributed by atoms with E-state index < -0.39 is 0 Å². The van der Waals surface area contributed by atoms with E-state index in [2.05, 4.69) is 10.2 Å². The number of aromatic nitrogens is 2. The molecule has 0 bridgehead atoms. The molecule has 2 aromatic heterocycles. The van der Waals surface area contributed by atoms with Crippen molar-refractivity contribution in [1.82, 2.24) is 15.1 Å².